The number of carbonyl (C=O) groups is 2. The van der Waals surface area contributed by atoms with Crippen molar-refractivity contribution in [3.8, 4) is 0 Å². The molecule has 2 aromatic rings. The Morgan fingerprint density at radius 2 is 1.61 bits per heavy atom. The van der Waals surface area contributed by atoms with Crippen LogP contribution < -0.4 is 5.48 Å². The molecule has 1 saturated carbocycles. The van der Waals surface area contributed by atoms with Crippen LogP contribution in [0.4, 0.5) is 0 Å². The normalized spacial score (nSPS) is 27.0. The minimum atomic E-state index is -0.425. The molecular weight excluding hydrogens is 350 g/mol. The zero-order valence-corrected chi connectivity index (χ0v) is 15.6. The summed E-state index contributed by atoms with van der Waals surface area (Å²) in [6.07, 6.45) is 8.50. The van der Waals surface area contributed by atoms with Crippen LogP contribution >= 0.6 is 0 Å². The largest absolute Gasteiger partial charge is 0.478 e. The topological polar surface area (TPSA) is 58.2 Å². The van der Waals surface area contributed by atoms with Crippen LogP contribution in [0.15, 0.2) is 60.7 Å². The van der Waals surface area contributed by atoms with Crippen LogP contribution in [0.3, 0.4) is 0 Å². The maximum atomic E-state index is 12.8. The second-order valence-electron chi connectivity index (χ2n) is 8.05. The van der Waals surface area contributed by atoms with Crippen molar-refractivity contribution >= 4 is 11.8 Å². The minimum absolute atomic E-state index is 0.0337. The Morgan fingerprint density at radius 3 is 2.32 bits per heavy atom. The Labute approximate surface area is 164 Å². The molecule has 1 radical (unpaired) electrons. The Bertz CT molecular complexity index is 933. The van der Waals surface area contributed by atoms with Crippen LogP contribution in [0.5, 0.6) is 0 Å². The Morgan fingerprint density at radius 1 is 0.929 bits per heavy atom. The van der Waals surface area contributed by atoms with Gasteiger partial charge in [-0.15, -0.1) is 5.48 Å². The highest BCUT2D eigenvalue weighted by Gasteiger charge is 2.49. The molecule has 3 aliphatic carbocycles. The molecule has 0 aliphatic heterocycles. The Hall–Kier alpha value is -2.72. The van der Waals surface area contributed by atoms with Crippen molar-refractivity contribution < 1.29 is 14.4 Å². The molecule has 2 aromatic carbocycles. The van der Waals surface area contributed by atoms with Crippen molar-refractivity contribution in [2.75, 3.05) is 0 Å². The molecule has 141 valence electrons. The predicted molar refractivity (Wildman–Crippen MR) is 106 cm³/mol. The third-order valence-corrected chi connectivity index (χ3v) is 6.50. The number of hydroxylamine groups is 1. The highest BCUT2D eigenvalue weighted by atomic mass is 16.7. The number of benzene rings is 2. The summed E-state index contributed by atoms with van der Waals surface area (Å²) in [7, 11) is 0. The molecule has 28 heavy (non-hydrogen) atoms. The van der Waals surface area contributed by atoms with E-state index in [4.69, 9.17) is 4.84 Å². The molecule has 1 unspecified atom stereocenters. The number of hydrogen-bond donors (Lipinski definition) is 1. The molecule has 4 heteroatoms. The highest BCUT2D eigenvalue weighted by Crippen LogP contribution is 2.45. The third kappa shape index (κ3) is 2.98. The van der Waals surface area contributed by atoms with Gasteiger partial charge in [-0.3, -0.25) is 0 Å². The van der Waals surface area contributed by atoms with Crippen molar-refractivity contribution in [1.82, 2.24) is 5.48 Å². The first-order chi connectivity index (χ1) is 13.7. The number of allylic oxidation sites excluding steroid dienone is 2. The summed E-state index contributed by atoms with van der Waals surface area (Å²) in [4.78, 5) is 30.6. The van der Waals surface area contributed by atoms with Gasteiger partial charge in [-0.1, -0.05) is 36.4 Å². The van der Waals surface area contributed by atoms with E-state index in [1.807, 2.05) is 12.1 Å². The second kappa shape index (κ2) is 7.02. The second-order valence-corrected chi connectivity index (χ2v) is 8.05. The number of ketones is 1. The molecular formula is C24H23NO3+. The molecule has 0 heterocycles. The maximum Gasteiger partial charge on any atom is 0.478 e. The van der Waals surface area contributed by atoms with Crippen molar-refractivity contribution in [2.24, 2.45) is 17.8 Å². The van der Waals surface area contributed by atoms with E-state index < -0.39 is 5.97 Å². The standard InChI is InChI=1S/C24H23NO3/c26-23(22-16-5-6-17(22)8-7-16)18-9-11-19(12-10-18)24(27)28-25-21-14-13-15-3-1-2-4-20(15)21/h1-6,9-12,16-17,21-22,25H,7-8,13-14H2/q+1/t16-,17+,21-,22?/m1/s1. The lowest BCUT2D eigenvalue weighted by molar-refractivity contribution is 0.0153. The minimum Gasteiger partial charge on any atom is -0.366 e. The monoisotopic (exact) mass is 373 g/mol. The summed E-state index contributed by atoms with van der Waals surface area (Å²) in [5.74, 6) is 0.632. The highest BCUT2D eigenvalue weighted by molar-refractivity contribution is 6.00. The van der Waals surface area contributed by atoms with E-state index in [2.05, 4.69) is 29.8 Å². The fourth-order valence-corrected chi connectivity index (χ4v) is 4.99. The van der Waals surface area contributed by atoms with E-state index >= 15 is 0 Å². The lowest BCUT2D eigenvalue weighted by Crippen LogP contribution is -2.24. The first kappa shape index (κ1) is 17.4. The van der Waals surface area contributed by atoms with Crippen LogP contribution in [-0.2, 0) is 11.3 Å². The van der Waals surface area contributed by atoms with Gasteiger partial charge in [0.2, 0.25) is 4.79 Å². The third-order valence-electron chi connectivity index (χ3n) is 6.50. The van der Waals surface area contributed by atoms with Crippen molar-refractivity contribution in [3.63, 3.8) is 0 Å². The van der Waals surface area contributed by atoms with E-state index in [1.165, 1.54) is 11.1 Å². The smallest absolute Gasteiger partial charge is 0.366 e. The van der Waals surface area contributed by atoms with Crippen molar-refractivity contribution in [3.05, 3.63) is 82.9 Å². The summed E-state index contributed by atoms with van der Waals surface area (Å²) < 4.78 is 0. The molecule has 1 N–H and O–H groups in total. The van der Waals surface area contributed by atoms with Crippen LogP contribution in [0.2, 0.25) is 0 Å². The fraction of sp³-hybridized carbons (Fsp3) is 0.333. The zero-order chi connectivity index (χ0) is 19.1. The van der Waals surface area contributed by atoms with E-state index in [-0.39, 0.29) is 17.7 Å². The van der Waals surface area contributed by atoms with Gasteiger partial charge in [-0.2, -0.15) is 0 Å². The SMILES string of the molecule is O=C(ON[C@@H]1CCc2ccccc21)c1ccc(C(=[O+])C2[C@@H]3C=C[C@H]2CC3)cc1. The maximum absolute atomic E-state index is 12.8. The Kier molecular flexibility index (Phi) is 4.36. The first-order valence-electron chi connectivity index (χ1n) is 10.1. The first-order valence-corrected chi connectivity index (χ1v) is 10.1. The number of Topliss-reactive ketones (excluding diaryl/α,β-unsaturated/α-hetero) is 1. The molecule has 1 fully saturated rings. The van der Waals surface area contributed by atoms with E-state index in [1.54, 1.807) is 24.3 Å². The number of rotatable bonds is 5. The lowest BCUT2D eigenvalue weighted by Gasteiger charge is -2.13. The molecule has 4 atom stereocenters. The zero-order valence-electron chi connectivity index (χ0n) is 15.6. The summed E-state index contributed by atoms with van der Waals surface area (Å²) in [6, 6.07) is 15.1. The van der Waals surface area contributed by atoms with Gasteiger partial charge in [0.05, 0.1) is 17.2 Å². The van der Waals surface area contributed by atoms with E-state index in [0.717, 1.165) is 25.7 Å². The number of hydrogen-bond acceptors (Lipinski definition) is 4. The summed E-state index contributed by atoms with van der Waals surface area (Å²) in [6.45, 7) is 0. The van der Waals surface area contributed by atoms with E-state index in [9.17, 15) is 9.59 Å². The van der Waals surface area contributed by atoms with E-state index in [0.29, 0.717) is 23.0 Å². The molecule has 4 nitrogen and oxygen atoms in total. The number of carbonyl (C=O) groups excluding carboxylic acids is 2. The van der Waals surface area contributed by atoms with Gasteiger partial charge in [0.15, 0.2) is 0 Å². The molecule has 3 aliphatic rings. The van der Waals surface area contributed by atoms with Gasteiger partial charge in [-0.05, 0) is 72.9 Å². The van der Waals surface area contributed by atoms with Crippen molar-refractivity contribution in [2.45, 2.75) is 31.7 Å². The molecule has 0 amide bonds. The van der Waals surface area contributed by atoms with Crippen LogP contribution in [0, 0.1) is 17.8 Å². The average molecular weight is 373 g/mol. The van der Waals surface area contributed by atoms with Crippen LogP contribution in [-0.4, -0.2) is 11.8 Å². The Balaban J connectivity index is 1.21. The lowest BCUT2D eigenvalue weighted by atomic mass is 9.88. The predicted octanol–water partition coefficient (Wildman–Crippen LogP) is 4.43. The van der Waals surface area contributed by atoms with Gasteiger partial charge < -0.3 is 4.84 Å². The van der Waals surface area contributed by atoms with Crippen molar-refractivity contribution in [1.29, 1.82) is 0 Å². The van der Waals surface area contributed by atoms with Crippen LogP contribution in [0.25, 0.3) is 0 Å². The van der Waals surface area contributed by atoms with Gasteiger partial charge in [0, 0.05) is 0 Å². The van der Waals surface area contributed by atoms with Gasteiger partial charge in [-0.25, -0.2) is 4.79 Å². The summed E-state index contributed by atoms with van der Waals surface area (Å²) in [5.41, 5.74) is 6.53. The van der Waals surface area contributed by atoms with Gasteiger partial charge in [0.1, 0.15) is 5.92 Å². The number of nitrogens with one attached hydrogen (secondary N) is 1. The molecule has 0 saturated heterocycles. The fourth-order valence-electron chi connectivity index (χ4n) is 4.99. The summed E-state index contributed by atoms with van der Waals surface area (Å²) in [5, 5.41) is 0. The molecule has 5 rings (SSSR count). The number of fused-ring (bicyclic) bond motifs is 3. The number of aryl methyl sites for hydroxylation is 1. The van der Waals surface area contributed by atoms with Gasteiger partial charge >= 0.3 is 11.8 Å². The molecule has 2 bridgehead atoms. The van der Waals surface area contributed by atoms with Crippen LogP contribution in [0.1, 0.15) is 57.1 Å². The molecule has 0 spiro atoms. The quantitative estimate of drug-likeness (QED) is 0.365. The molecule has 0 aromatic heterocycles. The van der Waals surface area contributed by atoms with Gasteiger partial charge in [0.25, 0.3) is 0 Å². The summed E-state index contributed by atoms with van der Waals surface area (Å²) >= 11 is 0. The average Bonchev–Trinajstić information content (AvgIpc) is 3.46.